The maximum Gasteiger partial charge on any atom is 0.307 e. The Morgan fingerprint density at radius 2 is 1.94 bits per heavy atom. The Labute approximate surface area is 98.0 Å². The zero-order chi connectivity index (χ0) is 12.0. The summed E-state index contributed by atoms with van der Waals surface area (Å²) in [6, 6.07) is 0.0438. The van der Waals surface area contributed by atoms with Gasteiger partial charge < -0.3 is 15.3 Å². The maximum absolute atomic E-state index is 10.8. The van der Waals surface area contributed by atoms with E-state index >= 15 is 0 Å². The van der Waals surface area contributed by atoms with Crippen LogP contribution in [-0.2, 0) is 4.79 Å². The average Bonchev–Trinajstić information content (AvgIpc) is 2.29. The van der Waals surface area contributed by atoms with E-state index in [1.54, 1.807) is 6.92 Å². The maximum atomic E-state index is 10.8. The van der Waals surface area contributed by atoms with Crippen molar-refractivity contribution in [1.82, 2.24) is 10.2 Å². The molecule has 0 aromatic heterocycles. The molecule has 0 amide bonds. The molecule has 1 aliphatic rings. The molecule has 1 heterocycles. The molecule has 2 unspecified atom stereocenters. The normalized spacial score (nSPS) is 21.6. The molecule has 0 aliphatic carbocycles. The molecule has 16 heavy (non-hydrogen) atoms. The van der Waals surface area contributed by atoms with E-state index in [1.807, 2.05) is 6.92 Å². The molecule has 0 spiro atoms. The minimum atomic E-state index is -0.724. The minimum Gasteiger partial charge on any atom is -0.481 e. The molecule has 2 atom stereocenters. The first-order valence-electron chi connectivity index (χ1n) is 6.30. The molecule has 0 saturated carbocycles. The number of hydrogen-bond acceptors (Lipinski definition) is 3. The van der Waals surface area contributed by atoms with Crippen molar-refractivity contribution in [2.45, 2.75) is 39.2 Å². The zero-order valence-corrected chi connectivity index (χ0v) is 10.4. The highest BCUT2D eigenvalue weighted by Crippen LogP contribution is 2.07. The first-order valence-corrected chi connectivity index (χ1v) is 6.30. The van der Waals surface area contributed by atoms with Crippen molar-refractivity contribution < 1.29 is 9.90 Å². The van der Waals surface area contributed by atoms with E-state index in [0.29, 0.717) is 0 Å². The number of rotatable bonds is 6. The zero-order valence-electron chi connectivity index (χ0n) is 10.4. The number of nitrogens with zero attached hydrogens (tertiary/aromatic N) is 1. The van der Waals surface area contributed by atoms with Gasteiger partial charge in [-0.25, -0.2) is 0 Å². The Kier molecular flexibility index (Phi) is 5.77. The summed E-state index contributed by atoms with van der Waals surface area (Å²) < 4.78 is 0. The average molecular weight is 228 g/mol. The lowest BCUT2D eigenvalue weighted by molar-refractivity contribution is -0.141. The van der Waals surface area contributed by atoms with Crippen LogP contribution >= 0.6 is 0 Å². The number of carboxylic acid groups (broad SMARTS) is 1. The lowest BCUT2D eigenvalue weighted by atomic mass is 10.0. The van der Waals surface area contributed by atoms with Gasteiger partial charge in [-0.2, -0.15) is 0 Å². The smallest absolute Gasteiger partial charge is 0.307 e. The van der Waals surface area contributed by atoms with Crippen LogP contribution in [0.25, 0.3) is 0 Å². The lowest BCUT2D eigenvalue weighted by Gasteiger charge is -2.27. The van der Waals surface area contributed by atoms with Gasteiger partial charge >= 0.3 is 5.97 Å². The number of piperidine rings is 1. The van der Waals surface area contributed by atoms with Crippen LogP contribution in [0.4, 0.5) is 0 Å². The van der Waals surface area contributed by atoms with Gasteiger partial charge in [0.1, 0.15) is 0 Å². The molecule has 1 fully saturated rings. The Morgan fingerprint density at radius 3 is 2.50 bits per heavy atom. The molecule has 1 rings (SSSR count). The summed E-state index contributed by atoms with van der Waals surface area (Å²) >= 11 is 0. The van der Waals surface area contributed by atoms with E-state index in [9.17, 15) is 4.79 Å². The number of nitrogens with one attached hydrogen (secondary N) is 1. The summed E-state index contributed by atoms with van der Waals surface area (Å²) in [4.78, 5) is 13.2. The number of hydrogen-bond donors (Lipinski definition) is 2. The molecule has 94 valence electrons. The van der Waals surface area contributed by atoms with E-state index in [-0.39, 0.29) is 12.0 Å². The van der Waals surface area contributed by atoms with Crippen molar-refractivity contribution in [2.75, 3.05) is 26.2 Å². The van der Waals surface area contributed by atoms with Crippen LogP contribution in [0.2, 0.25) is 0 Å². The molecule has 0 bridgehead atoms. The van der Waals surface area contributed by atoms with Crippen LogP contribution in [0.1, 0.15) is 33.1 Å². The van der Waals surface area contributed by atoms with Gasteiger partial charge in [0.15, 0.2) is 0 Å². The van der Waals surface area contributed by atoms with Crippen LogP contribution in [0, 0.1) is 5.92 Å². The van der Waals surface area contributed by atoms with Crippen molar-refractivity contribution in [2.24, 2.45) is 5.92 Å². The van der Waals surface area contributed by atoms with Gasteiger partial charge in [-0.15, -0.1) is 0 Å². The van der Waals surface area contributed by atoms with E-state index in [0.717, 1.165) is 13.1 Å². The van der Waals surface area contributed by atoms with Crippen LogP contribution in [0.3, 0.4) is 0 Å². The van der Waals surface area contributed by atoms with Crippen molar-refractivity contribution in [3.8, 4) is 0 Å². The Balaban J connectivity index is 2.11. The summed E-state index contributed by atoms with van der Waals surface area (Å²) in [5.41, 5.74) is 0. The third kappa shape index (κ3) is 4.49. The topological polar surface area (TPSA) is 52.6 Å². The third-order valence-electron chi connectivity index (χ3n) is 3.48. The second-order valence-electron chi connectivity index (χ2n) is 4.77. The van der Waals surface area contributed by atoms with Crippen molar-refractivity contribution in [3.63, 3.8) is 0 Å². The Bertz CT molecular complexity index is 215. The monoisotopic (exact) mass is 228 g/mol. The molecule has 4 nitrogen and oxygen atoms in total. The largest absolute Gasteiger partial charge is 0.481 e. The summed E-state index contributed by atoms with van der Waals surface area (Å²) in [5.74, 6) is -1.04. The Morgan fingerprint density at radius 1 is 1.31 bits per heavy atom. The summed E-state index contributed by atoms with van der Waals surface area (Å²) in [7, 11) is 0. The SMILES string of the molecule is CC(NCCN1CCCCC1)C(C)C(=O)O. The number of carboxylic acids is 1. The molecule has 2 N–H and O–H groups in total. The highest BCUT2D eigenvalue weighted by molar-refractivity contribution is 5.70. The molecule has 1 saturated heterocycles. The fraction of sp³-hybridized carbons (Fsp3) is 0.917. The van der Waals surface area contributed by atoms with Gasteiger partial charge in [0.2, 0.25) is 0 Å². The fourth-order valence-corrected chi connectivity index (χ4v) is 2.02. The van der Waals surface area contributed by atoms with Gasteiger partial charge in [0, 0.05) is 19.1 Å². The molecule has 1 aliphatic heterocycles. The highest BCUT2D eigenvalue weighted by Gasteiger charge is 2.18. The fourth-order valence-electron chi connectivity index (χ4n) is 2.02. The van der Waals surface area contributed by atoms with Crippen molar-refractivity contribution >= 4 is 5.97 Å². The van der Waals surface area contributed by atoms with Crippen molar-refractivity contribution in [1.29, 1.82) is 0 Å². The third-order valence-corrected chi connectivity index (χ3v) is 3.48. The molecule has 4 heteroatoms. The number of likely N-dealkylation sites (tertiary alicyclic amines) is 1. The van der Waals surface area contributed by atoms with Gasteiger partial charge in [-0.1, -0.05) is 13.3 Å². The van der Waals surface area contributed by atoms with Gasteiger partial charge in [-0.05, 0) is 32.9 Å². The molecular weight excluding hydrogens is 204 g/mol. The second-order valence-corrected chi connectivity index (χ2v) is 4.77. The van der Waals surface area contributed by atoms with Gasteiger partial charge in [0.25, 0.3) is 0 Å². The van der Waals surface area contributed by atoms with E-state index in [1.165, 1.54) is 32.4 Å². The first-order chi connectivity index (χ1) is 7.61. The molecular formula is C12H24N2O2. The van der Waals surface area contributed by atoms with Gasteiger partial charge in [0.05, 0.1) is 5.92 Å². The molecule has 0 radical (unpaired) electrons. The quantitative estimate of drug-likeness (QED) is 0.716. The Hall–Kier alpha value is -0.610. The lowest BCUT2D eigenvalue weighted by Crippen LogP contribution is -2.42. The summed E-state index contributed by atoms with van der Waals surface area (Å²) in [6.07, 6.45) is 3.97. The van der Waals surface area contributed by atoms with Gasteiger partial charge in [-0.3, -0.25) is 4.79 Å². The first kappa shape index (κ1) is 13.5. The number of carbonyl (C=O) groups is 1. The molecule has 0 aromatic carbocycles. The number of aliphatic carboxylic acids is 1. The van der Waals surface area contributed by atoms with Crippen LogP contribution in [0.5, 0.6) is 0 Å². The second kappa shape index (κ2) is 6.86. The summed E-state index contributed by atoms with van der Waals surface area (Å²) in [5, 5.41) is 12.1. The predicted octanol–water partition coefficient (Wildman–Crippen LogP) is 1.17. The van der Waals surface area contributed by atoms with E-state index < -0.39 is 5.97 Å². The van der Waals surface area contributed by atoms with Crippen molar-refractivity contribution in [3.05, 3.63) is 0 Å². The van der Waals surface area contributed by atoms with Crippen LogP contribution in [-0.4, -0.2) is 48.2 Å². The minimum absolute atomic E-state index is 0.0438. The summed E-state index contributed by atoms with van der Waals surface area (Å²) in [6.45, 7) is 8.01. The van der Waals surface area contributed by atoms with E-state index in [4.69, 9.17) is 5.11 Å². The molecule has 0 aromatic rings. The van der Waals surface area contributed by atoms with Crippen LogP contribution < -0.4 is 5.32 Å². The van der Waals surface area contributed by atoms with Crippen LogP contribution in [0.15, 0.2) is 0 Å². The standard InChI is InChI=1S/C12H24N2O2/c1-10(12(15)16)11(2)13-6-9-14-7-4-3-5-8-14/h10-11,13H,3-9H2,1-2H3,(H,15,16). The highest BCUT2D eigenvalue weighted by atomic mass is 16.4. The van der Waals surface area contributed by atoms with E-state index in [2.05, 4.69) is 10.2 Å². The predicted molar refractivity (Wildman–Crippen MR) is 64.6 cm³/mol.